The average molecular weight is 409 g/mol. The molecule has 30 heavy (non-hydrogen) atoms. The SMILES string of the molecule is O=C(COC(=O)c1occc1COc1ccccc1)Nc1ccc2c(c1)OCCO2. The predicted octanol–water partition coefficient (Wildman–Crippen LogP) is 3.43. The van der Waals surface area contributed by atoms with Gasteiger partial charge in [0.1, 0.15) is 25.6 Å². The minimum atomic E-state index is -0.746. The van der Waals surface area contributed by atoms with Crippen molar-refractivity contribution in [3.63, 3.8) is 0 Å². The third kappa shape index (κ3) is 4.72. The second-order valence-electron chi connectivity index (χ2n) is 6.36. The molecular formula is C22H19NO7. The molecule has 2 aromatic carbocycles. The Kier molecular flexibility index (Phi) is 5.84. The number of hydrogen-bond donors (Lipinski definition) is 1. The number of esters is 1. The number of nitrogens with one attached hydrogen (secondary N) is 1. The van der Waals surface area contributed by atoms with Crippen molar-refractivity contribution in [2.45, 2.75) is 6.61 Å². The van der Waals surface area contributed by atoms with Crippen molar-refractivity contribution < 1.29 is 33.0 Å². The summed E-state index contributed by atoms with van der Waals surface area (Å²) in [5.74, 6) is 0.593. The van der Waals surface area contributed by atoms with Gasteiger partial charge in [0.05, 0.1) is 6.26 Å². The van der Waals surface area contributed by atoms with Crippen molar-refractivity contribution in [2.75, 3.05) is 25.1 Å². The van der Waals surface area contributed by atoms with Crippen molar-refractivity contribution in [3.8, 4) is 17.2 Å². The fraction of sp³-hybridized carbons (Fsp3) is 0.182. The van der Waals surface area contributed by atoms with E-state index in [-0.39, 0.29) is 12.4 Å². The fourth-order valence-corrected chi connectivity index (χ4v) is 2.82. The summed E-state index contributed by atoms with van der Waals surface area (Å²) in [6, 6.07) is 15.8. The van der Waals surface area contributed by atoms with Crippen LogP contribution in [0.3, 0.4) is 0 Å². The smallest absolute Gasteiger partial charge is 0.375 e. The molecule has 0 saturated heterocycles. The minimum Gasteiger partial charge on any atom is -0.489 e. The van der Waals surface area contributed by atoms with Crippen molar-refractivity contribution in [3.05, 3.63) is 72.2 Å². The Morgan fingerprint density at radius 3 is 2.60 bits per heavy atom. The molecule has 8 nitrogen and oxygen atoms in total. The van der Waals surface area contributed by atoms with E-state index in [0.717, 1.165) is 0 Å². The van der Waals surface area contributed by atoms with E-state index >= 15 is 0 Å². The van der Waals surface area contributed by atoms with E-state index in [0.29, 0.717) is 41.7 Å². The van der Waals surface area contributed by atoms with Crippen LogP contribution in [0.4, 0.5) is 5.69 Å². The molecular weight excluding hydrogens is 390 g/mol. The molecule has 8 heteroatoms. The number of hydrogen-bond acceptors (Lipinski definition) is 7. The maximum absolute atomic E-state index is 12.3. The highest BCUT2D eigenvalue weighted by Crippen LogP contribution is 2.32. The lowest BCUT2D eigenvalue weighted by Gasteiger charge is -2.19. The Labute approximate surface area is 172 Å². The van der Waals surface area contributed by atoms with Gasteiger partial charge < -0.3 is 28.7 Å². The molecule has 0 spiro atoms. The van der Waals surface area contributed by atoms with Gasteiger partial charge in [-0.15, -0.1) is 0 Å². The standard InChI is InChI=1S/C22H19NO7/c24-20(23-16-6-7-18-19(12-16)27-11-10-26-18)14-30-22(25)21-15(8-9-28-21)13-29-17-4-2-1-3-5-17/h1-9,12H,10-11,13-14H2,(H,23,24). The summed E-state index contributed by atoms with van der Waals surface area (Å²) in [5.41, 5.74) is 1.03. The molecule has 0 fully saturated rings. The van der Waals surface area contributed by atoms with Crippen molar-refractivity contribution in [1.82, 2.24) is 0 Å². The first-order valence-electron chi connectivity index (χ1n) is 9.30. The molecule has 1 aromatic heterocycles. The molecule has 0 atom stereocenters. The summed E-state index contributed by atoms with van der Waals surface area (Å²) in [5, 5.41) is 2.65. The number of para-hydroxylation sites is 1. The molecule has 4 rings (SSSR count). The van der Waals surface area contributed by atoms with Gasteiger partial charge in [0.2, 0.25) is 5.76 Å². The van der Waals surface area contributed by atoms with Gasteiger partial charge in [0.15, 0.2) is 18.1 Å². The molecule has 0 unspecified atom stereocenters. The van der Waals surface area contributed by atoms with Crippen LogP contribution in [0.2, 0.25) is 0 Å². The Hall–Kier alpha value is -3.94. The Morgan fingerprint density at radius 2 is 1.77 bits per heavy atom. The first kappa shape index (κ1) is 19.4. The van der Waals surface area contributed by atoms with Crippen LogP contribution >= 0.6 is 0 Å². The van der Waals surface area contributed by atoms with Crippen LogP contribution < -0.4 is 19.5 Å². The zero-order valence-electron chi connectivity index (χ0n) is 16.0. The Morgan fingerprint density at radius 1 is 0.967 bits per heavy atom. The van der Waals surface area contributed by atoms with E-state index in [1.54, 1.807) is 36.4 Å². The van der Waals surface area contributed by atoms with Gasteiger partial charge in [-0.05, 0) is 30.3 Å². The summed E-state index contributed by atoms with van der Waals surface area (Å²) in [6.45, 7) is 0.600. The topological polar surface area (TPSA) is 96.2 Å². The second kappa shape index (κ2) is 9.04. The first-order chi connectivity index (χ1) is 14.7. The van der Waals surface area contributed by atoms with Crippen LogP contribution in [-0.4, -0.2) is 31.7 Å². The zero-order valence-corrected chi connectivity index (χ0v) is 16.0. The lowest BCUT2D eigenvalue weighted by atomic mass is 10.2. The van der Waals surface area contributed by atoms with Crippen molar-refractivity contribution in [1.29, 1.82) is 0 Å². The number of rotatable bonds is 7. The molecule has 1 N–H and O–H groups in total. The predicted molar refractivity (Wildman–Crippen MR) is 106 cm³/mol. The van der Waals surface area contributed by atoms with Crippen LogP contribution in [0.1, 0.15) is 16.1 Å². The van der Waals surface area contributed by atoms with E-state index < -0.39 is 18.5 Å². The quantitative estimate of drug-likeness (QED) is 0.597. The Balaban J connectivity index is 1.29. The number of fused-ring (bicyclic) bond motifs is 1. The summed E-state index contributed by atoms with van der Waals surface area (Å²) in [4.78, 5) is 24.4. The summed E-state index contributed by atoms with van der Waals surface area (Å²) < 4.78 is 26.8. The number of ether oxygens (including phenoxy) is 4. The van der Waals surface area contributed by atoms with Gasteiger partial charge in [-0.1, -0.05) is 18.2 Å². The van der Waals surface area contributed by atoms with E-state index in [4.69, 9.17) is 23.4 Å². The second-order valence-corrected chi connectivity index (χ2v) is 6.36. The number of anilines is 1. The van der Waals surface area contributed by atoms with Gasteiger partial charge in [-0.2, -0.15) is 0 Å². The summed E-state index contributed by atoms with van der Waals surface area (Å²) >= 11 is 0. The molecule has 1 aliphatic rings. The molecule has 1 aliphatic heterocycles. The number of amides is 1. The number of carbonyl (C=O) groups excluding carboxylic acids is 2. The highest BCUT2D eigenvalue weighted by molar-refractivity contribution is 5.95. The summed E-state index contributed by atoms with van der Waals surface area (Å²) in [7, 11) is 0. The van der Waals surface area contributed by atoms with E-state index in [1.807, 2.05) is 18.2 Å². The highest BCUT2D eigenvalue weighted by atomic mass is 16.6. The monoisotopic (exact) mass is 409 g/mol. The summed E-state index contributed by atoms with van der Waals surface area (Å²) in [6.07, 6.45) is 1.37. The third-order valence-corrected chi connectivity index (χ3v) is 4.23. The van der Waals surface area contributed by atoms with E-state index in [1.165, 1.54) is 6.26 Å². The van der Waals surface area contributed by atoms with Crippen LogP contribution in [-0.2, 0) is 16.1 Å². The third-order valence-electron chi connectivity index (χ3n) is 4.23. The zero-order chi connectivity index (χ0) is 20.8. The Bertz CT molecular complexity index is 1030. The van der Waals surface area contributed by atoms with Gasteiger partial charge in [0, 0.05) is 17.3 Å². The number of benzene rings is 2. The minimum absolute atomic E-state index is 0.00180. The van der Waals surface area contributed by atoms with E-state index in [2.05, 4.69) is 5.32 Å². The molecule has 154 valence electrons. The largest absolute Gasteiger partial charge is 0.489 e. The van der Waals surface area contributed by atoms with Crippen LogP contribution in [0, 0.1) is 0 Å². The van der Waals surface area contributed by atoms with Gasteiger partial charge in [-0.25, -0.2) is 4.79 Å². The van der Waals surface area contributed by atoms with Gasteiger partial charge in [0.25, 0.3) is 5.91 Å². The van der Waals surface area contributed by atoms with Crippen molar-refractivity contribution in [2.24, 2.45) is 0 Å². The molecule has 0 radical (unpaired) electrons. The maximum Gasteiger partial charge on any atom is 0.375 e. The van der Waals surface area contributed by atoms with E-state index in [9.17, 15) is 9.59 Å². The molecule has 3 aromatic rings. The number of carbonyl (C=O) groups is 2. The van der Waals surface area contributed by atoms with Gasteiger partial charge >= 0.3 is 5.97 Å². The molecule has 0 bridgehead atoms. The first-order valence-corrected chi connectivity index (χ1v) is 9.30. The lowest BCUT2D eigenvalue weighted by molar-refractivity contribution is -0.119. The fourth-order valence-electron chi connectivity index (χ4n) is 2.82. The maximum atomic E-state index is 12.3. The normalized spacial score (nSPS) is 12.1. The van der Waals surface area contributed by atoms with Crippen LogP contribution in [0.25, 0.3) is 0 Å². The molecule has 0 saturated carbocycles. The molecule has 2 heterocycles. The highest BCUT2D eigenvalue weighted by Gasteiger charge is 2.19. The van der Waals surface area contributed by atoms with Crippen molar-refractivity contribution >= 4 is 17.6 Å². The lowest BCUT2D eigenvalue weighted by Crippen LogP contribution is -2.21. The van der Waals surface area contributed by atoms with Crippen LogP contribution in [0.5, 0.6) is 17.2 Å². The van der Waals surface area contributed by atoms with Gasteiger partial charge in [-0.3, -0.25) is 4.79 Å². The average Bonchev–Trinajstić information content (AvgIpc) is 3.25. The molecule has 0 aliphatic carbocycles. The van der Waals surface area contributed by atoms with Crippen LogP contribution in [0.15, 0.2) is 65.3 Å². The number of furan rings is 1. The molecule has 1 amide bonds.